The molecule has 1 aliphatic heterocycles. The number of hydrogen-bond donors (Lipinski definition) is 1. The first-order valence-electron chi connectivity index (χ1n) is 10.3. The molecule has 2 aromatic carbocycles. The molecular weight excluding hydrogens is 366 g/mol. The van der Waals surface area contributed by atoms with Gasteiger partial charge < -0.3 is 14.7 Å². The van der Waals surface area contributed by atoms with E-state index in [9.17, 15) is 14.7 Å². The topological polar surface area (TPSA) is 66.8 Å². The van der Waals surface area contributed by atoms with Gasteiger partial charge in [-0.2, -0.15) is 0 Å². The number of carboxylic acids is 1. The molecule has 152 valence electrons. The van der Waals surface area contributed by atoms with Crippen LogP contribution in [0.25, 0.3) is 0 Å². The summed E-state index contributed by atoms with van der Waals surface area (Å²) >= 11 is 0. The fraction of sp³-hybridized carbons (Fsp3) is 0.417. The second-order valence-corrected chi connectivity index (χ2v) is 8.18. The number of nitrogens with zero attached hydrogens (tertiary/aromatic N) is 1. The number of para-hydroxylation sites is 1. The van der Waals surface area contributed by atoms with Gasteiger partial charge in [-0.15, -0.1) is 0 Å². The predicted octanol–water partition coefficient (Wildman–Crippen LogP) is 3.91. The summed E-state index contributed by atoms with van der Waals surface area (Å²) in [5, 5.41) is 9.39. The van der Waals surface area contributed by atoms with Gasteiger partial charge in [-0.1, -0.05) is 36.4 Å². The zero-order valence-electron chi connectivity index (χ0n) is 16.8. The molecule has 1 aliphatic carbocycles. The van der Waals surface area contributed by atoms with Crippen LogP contribution in [-0.4, -0.2) is 42.1 Å². The number of hydrogen-bond acceptors (Lipinski definition) is 3. The second kappa shape index (κ2) is 7.90. The van der Waals surface area contributed by atoms with E-state index in [-0.39, 0.29) is 5.91 Å². The van der Waals surface area contributed by atoms with Crippen molar-refractivity contribution >= 4 is 11.9 Å². The lowest BCUT2D eigenvalue weighted by Crippen LogP contribution is -2.44. The van der Waals surface area contributed by atoms with Crippen molar-refractivity contribution < 1.29 is 19.4 Å². The number of benzene rings is 2. The van der Waals surface area contributed by atoms with Crippen molar-refractivity contribution in [3.8, 4) is 5.75 Å². The van der Waals surface area contributed by atoms with E-state index < -0.39 is 11.4 Å². The second-order valence-electron chi connectivity index (χ2n) is 8.18. The molecule has 0 radical (unpaired) electrons. The lowest BCUT2D eigenvalue weighted by molar-refractivity contribution is -0.135. The summed E-state index contributed by atoms with van der Waals surface area (Å²) in [5.74, 6) is 0.534. The Morgan fingerprint density at radius 2 is 1.72 bits per heavy atom. The maximum Gasteiger partial charge on any atom is 0.335 e. The Bertz CT molecular complexity index is 911. The van der Waals surface area contributed by atoms with Crippen LogP contribution in [-0.2, 0) is 16.6 Å². The smallest absolute Gasteiger partial charge is 0.335 e. The Morgan fingerprint density at radius 1 is 1.07 bits per heavy atom. The van der Waals surface area contributed by atoms with Crippen molar-refractivity contribution in [3.63, 3.8) is 0 Å². The third kappa shape index (κ3) is 3.74. The molecule has 1 saturated carbocycles. The molecule has 0 spiro atoms. The molecule has 1 amide bonds. The van der Waals surface area contributed by atoms with E-state index in [0.29, 0.717) is 11.5 Å². The first-order valence-corrected chi connectivity index (χ1v) is 10.3. The molecule has 0 unspecified atom stereocenters. The quantitative estimate of drug-likeness (QED) is 0.808. The number of carboxylic acid groups (broad SMARTS) is 1. The number of methoxy groups -OCH3 is 1. The first kappa shape index (κ1) is 19.5. The average molecular weight is 393 g/mol. The lowest BCUT2D eigenvalue weighted by Gasteiger charge is -2.35. The molecule has 2 fully saturated rings. The van der Waals surface area contributed by atoms with Crippen molar-refractivity contribution in [1.29, 1.82) is 0 Å². The van der Waals surface area contributed by atoms with Gasteiger partial charge in [-0.05, 0) is 55.7 Å². The van der Waals surface area contributed by atoms with Crippen LogP contribution < -0.4 is 4.74 Å². The Hall–Kier alpha value is -2.82. The number of aromatic carboxylic acids is 1. The maximum atomic E-state index is 13.4. The van der Waals surface area contributed by atoms with E-state index in [1.54, 1.807) is 19.2 Å². The van der Waals surface area contributed by atoms with E-state index in [0.717, 1.165) is 62.1 Å². The zero-order valence-corrected chi connectivity index (χ0v) is 16.8. The van der Waals surface area contributed by atoms with Gasteiger partial charge in [0.1, 0.15) is 5.75 Å². The van der Waals surface area contributed by atoms with Crippen LogP contribution in [0.1, 0.15) is 47.2 Å². The molecule has 2 aromatic rings. The molecule has 29 heavy (non-hydrogen) atoms. The molecule has 1 N–H and O–H groups in total. The van der Waals surface area contributed by atoms with Crippen molar-refractivity contribution in [3.05, 3.63) is 65.2 Å². The van der Waals surface area contributed by atoms with Gasteiger partial charge >= 0.3 is 5.97 Å². The first-order chi connectivity index (χ1) is 14.0. The van der Waals surface area contributed by atoms with Crippen LogP contribution in [0.2, 0.25) is 0 Å². The number of likely N-dealkylation sites (tertiary alicyclic amines) is 1. The number of rotatable bonds is 6. The predicted molar refractivity (Wildman–Crippen MR) is 110 cm³/mol. The summed E-state index contributed by atoms with van der Waals surface area (Å²) in [7, 11) is 1.65. The monoisotopic (exact) mass is 393 g/mol. The molecule has 0 aromatic heterocycles. The Kier molecular flexibility index (Phi) is 5.31. The summed E-state index contributed by atoms with van der Waals surface area (Å²) in [5.41, 5.74) is 1.86. The molecule has 1 heterocycles. The number of amides is 1. The highest BCUT2D eigenvalue weighted by Crippen LogP contribution is 2.52. The van der Waals surface area contributed by atoms with Gasteiger partial charge in [0.05, 0.1) is 18.1 Å². The van der Waals surface area contributed by atoms with Crippen LogP contribution >= 0.6 is 0 Å². The summed E-state index contributed by atoms with van der Waals surface area (Å²) in [6.45, 7) is 1.46. The third-order valence-electron chi connectivity index (χ3n) is 6.44. The molecule has 0 bridgehead atoms. The van der Waals surface area contributed by atoms with Crippen molar-refractivity contribution in [2.45, 2.75) is 37.5 Å². The number of piperidine rings is 1. The highest BCUT2D eigenvalue weighted by atomic mass is 16.5. The van der Waals surface area contributed by atoms with E-state index in [1.807, 2.05) is 41.3 Å². The molecule has 5 heteroatoms. The van der Waals surface area contributed by atoms with Crippen LogP contribution in [0.5, 0.6) is 5.75 Å². The SMILES string of the molecule is COc1ccccc1C1(C(=O)N2CCC(Cc3ccccc3C(=O)O)CC2)CC1. The molecule has 4 rings (SSSR count). The molecule has 5 nitrogen and oxygen atoms in total. The summed E-state index contributed by atoms with van der Waals surface area (Å²) in [4.78, 5) is 26.8. The number of ether oxygens (including phenoxy) is 1. The standard InChI is InChI=1S/C24H27NO4/c1-29-21-9-5-4-8-20(21)24(12-13-24)23(28)25-14-10-17(11-15-25)16-18-6-2-3-7-19(18)22(26)27/h2-9,17H,10-16H2,1H3,(H,26,27). The van der Waals surface area contributed by atoms with Gasteiger partial charge in [-0.3, -0.25) is 4.79 Å². The van der Waals surface area contributed by atoms with Crippen LogP contribution in [0.4, 0.5) is 0 Å². The summed E-state index contributed by atoms with van der Waals surface area (Å²) in [6.07, 6.45) is 4.31. The van der Waals surface area contributed by atoms with Gasteiger partial charge in [-0.25, -0.2) is 4.79 Å². The van der Waals surface area contributed by atoms with Crippen LogP contribution in [0.15, 0.2) is 48.5 Å². The highest BCUT2D eigenvalue weighted by molar-refractivity contribution is 5.92. The average Bonchev–Trinajstić information content (AvgIpc) is 3.56. The highest BCUT2D eigenvalue weighted by Gasteiger charge is 2.54. The van der Waals surface area contributed by atoms with Crippen molar-refractivity contribution in [2.75, 3.05) is 20.2 Å². The zero-order chi connectivity index (χ0) is 20.4. The minimum atomic E-state index is -0.874. The fourth-order valence-electron chi connectivity index (χ4n) is 4.62. The molecule has 2 aliphatic rings. The Balaban J connectivity index is 1.41. The van der Waals surface area contributed by atoms with Crippen LogP contribution in [0, 0.1) is 5.92 Å². The Morgan fingerprint density at radius 3 is 2.38 bits per heavy atom. The maximum absolute atomic E-state index is 13.4. The summed E-state index contributed by atoms with van der Waals surface area (Å²) < 4.78 is 5.50. The van der Waals surface area contributed by atoms with E-state index in [1.165, 1.54) is 0 Å². The molecule has 1 saturated heterocycles. The molecular formula is C24H27NO4. The summed E-state index contributed by atoms with van der Waals surface area (Å²) in [6, 6.07) is 15.1. The van der Waals surface area contributed by atoms with Gasteiger partial charge in [0.15, 0.2) is 0 Å². The van der Waals surface area contributed by atoms with E-state index in [4.69, 9.17) is 4.74 Å². The minimum Gasteiger partial charge on any atom is -0.496 e. The molecule has 0 atom stereocenters. The fourth-order valence-corrected chi connectivity index (χ4v) is 4.62. The normalized spacial score (nSPS) is 18.3. The Labute approximate surface area is 171 Å². The van der Waals surface area contributed by atoms with Crippen molar-refractivity contribution in [1.82, 2.24) is 4.90 Å². The number of carbonyl (C=O) groups is 2. The lowest BCUT2D eigenvalue weighted by atomic mass is 9.87. The third-order valence-corrected chi connectivity index (χ3v) is 6.44. The number of carbonyl (C=O) groups excluding carboxylic acids is 1. The van der Waals surface area contributed by atoms with Gasteiger partial charge in [0, 0.05) is 18.7 Å². The van der Waals surface area contributed by atoms with Crippen LogP contribution in [0.3, 0.4) is 0 Å². The van der Waals surface area contributed by atoms with Gasteiger partial charge in [0.2, 0.25) is 5.91 Å². The van der Waals surface area contributed by atoms with Gasteiger partial charge in [0.25, 0.3) is 0 Å². The van der Waals surface area contributed by atoms with E-state index in [2.05, 4.69) is 0 Å². The van der Waals surface area contributed by atoms with E-state index >= 15 is 0 Å². The largest absolute Gasteiger partial charge is 0.496 e. The van der Waals surface area contributed by atoms with Crippen molar-refractivity contribution in [2.24, 2.45) is 5.92 Å². The minimum absolute atomic E-state index is 0.214.